The molecular formula is C15H24ClN3O2. The molecule has 0 aliphatic carbocycles. The smallest absolute Gasteiger partial charge is 0.238 e. The highest BCUT2D eigenvalue weighted by Crippen LogP contribution is 2.23. The van der Waals surface area contributed by atoms with Crippen LogP contribution >= 0.6 is 12.4 Å². The molecule has 5 nitrogen and oxygen atoms in total. The van der Waals surface area contributed by atoms with E-state index >= 15 is 0 Å². The molecule has 0 bridgehead atoms. The van der Waals surface area contributed by atoms with E-state index in [9.17, 15) is 4.79 Å². The van der Waals surface area contributed by atoms with Crippen LogP contribution in [0.25, 0.3) is 0 Å². The SMILES string of the molecule is COc1ccccc1NC(=O)CN1CCCCC1CN.Cl. The van der Waals surface area contributed by atoms with Gasteiger partial charge in [0, 0.05) is 12.6 Å². The van der Waals surface area contributed by atoms with Gasteiger partial charge >= 0.3 is 0 Å². The van der Waals surface area contributed by atoms with Crippen molar-refractivity contribution >= 4 is 24.0 Å². The van der Waals surface area contributed by atoms with Crippen LogP contribution in [0.15, 0.2) is 24.3 Å². The number of carbonyl (C=O) groups is 1. The van der Waals surface area contributed by atoms with Gasteiger partial charge in [0.2, 0.25) is 5.91 Å². The molecule has 0 saturated carbocycles. The molecule has 1 saturated heterocycles. The summed E-state index contributed by atoms with van der Waals surface area (Å²) in [6.07, 6.45) is 3.42. The van der Waals surface area contributed by atoms with E-state index in [1.54, 1.807) is 7.11 Å². The molecule has 1 heterocycles. The average molecular weight is 314 g/mol. The number of likely N-dealkylation sites (tertiary alicyclic amines) is 1. The average Bonchev–Trinajstić information content (AvgIpc) is 2.48. The van der Waals surface area contributed by atoms with Crippen LogP contribution in [-0.4, -0.2) is 43.6 Å². The van der Waals surface area contributed by atoms with Crippen molar-refractivity contribution in [3.63, 3.8) is 0 Å². The van der Waals surface area contributed by atoms with Gasteiger partial charge in [0.1, 0.15) is 5.75 Å². The first-order chi connectivity index (χ1) is 9.74. The molecule has 0 radical (unpaired) electrons. The van der Waals surface area contributed by atoms with Crippen LogP contribution in [0.2, 0.25) is 0 Å². The highest BCUT2D eigenvalue weighted by molar-refractivity contribution is 5.93. The summed E-state index contributed by atoms with van der Waals surface area (Å²) >= 11 is 0. The van der Waals surface area contributed by atoms with Crippen molar-refractivity contribution in [2.75, 3.05) is 32.1 Å². The Kier molecular flexibility index (Phi) is 7.50. The van der Waals surface area contributed by atoms with Crippen LogP contribution in [0.1, 0.15) is 19.3 Å². The molecule has 1 atom stereocenters. The van der Waals surface area contributed by atoms with Crippen molar-refractivity contribution in [3.8, 4) is 5.75 Å². The maximum atomic E-state index is 12.2. The fourth-order valence-electron chi connectivity index (χ4n) is 2.66. The van der Waals surface area contributed by atoms with Gasteiger partial charge in [-0.05, 0) is 31.5 Å². The molecular weight excluding hydrogens is 290 g/mol. The second-order valence-electron chi connectivity index (χ2n) is 5.10. The van der Waals surface area contributed by atoms with Crippen molar-refractivity contribution < 1.29 is 9.53 Å². The van der Waals surface area contributed by atoms with Gasteiger partial charge < -0.3 is 15.8 Å². The second kappa shape index (κ2) is 8.87. The highest BCUT2D eigenvalue weighted by atomic mass is 35.5. The molecule has 21 heavy (non-hydrogen) atoms. The fraction of sp³-hybridized carbons (Fsp3) is 0.533. The number of anilines is 1. The Morgan fingerprint density at radius 1 is 1.43 bits per heavy atom. The van der Waals surface area contributed by atoms with Gasteiger partial charge in [0.15, 0.2) is 0 Å². The number of para-hydroxylation sites is 2. The normalized spacial score (nSPS) is 18.7. The highest BCUT2D eigenvalue weighted by Gasteiger charge is 2.23. The standard InChI is InChI=1S/C15H23N3O2.ClH/c1-20-14-8-3-2-7-13(14)17-15(19)11-18-9-5-4-6-12(18)10-16;/h2-3,7-8,12H,4-6,9-11,16H2,1H3,(H,17,19);1H. The Bertz CT molecular complexity index is 456. The minimum atomic E-state index is -0.0187. The first kappa shape index (κ1) is 17.8. The summed E-state index contributed by atoms with van der Waals surface area (Å²) in [5, 5.41) is 2.91. The van der Waals surface area contributed by atoms with E-state index in [1.807, 2.05) is 24.3 Å². The third-order valence-electron chi connectivity index (χ3n) is 3.75. The van der Waals surface area contributed by atoms with E-state index in [2.05, 4.69) is 10.2 Å². The molecule has 1 amide bonds. The molecule has 1 fully saturated rings. The summed E-state index contributed by atoms with van der Waals surface area (Å²) in [6, 6.07) is 7.75. The monoisotopic (exact) mass is 313 g/mol. The number of nitrogens with zero attached hydrogens (tertiary/aromatic N) is 1. The lowest BCUT2D eigenvalue weighted by Crippen LogP contribution is -2.47. The number of rotatable bonds is 5. The minimum Gasteiger partial charge on any atom is -0.495 e. The number of carbonyl (C=O) groups excluding carboxylic acids is 1. The summed E-state index contributed by atoms with van der Waals surface area (Å²) in [5.74, 6) is 0.657. The van der Waals surface area contributed by atoms with Crippen LogP contribution in [-0.2, 0) is 4.79 Å². The first-order valence-corrected chi connectivity index (χ1v) is 7.11. The van der Waals surface area contributed by atoms with Crippen LogP contribution < -0.4 is 15.8 Å². The molecule has 2 rings (SSSR count). The summed E-state index contributed by atoms with van der Waals surface area (Å²) < 4.78 is 5.23. The van der Waals surface area contributed by atoms with E-state index in [1.165, 1.54) is 6.42 Å². The fourth-order valence-corrected chi connectivity index (χ4v) is 2.66. The first-order valence-electron chi connectivity index (χ1n) is 7.11. The molecule has 1 unspecified atom stereocenters. The summed E-state index contributed by atoms with van der Waals surface area (Å²) in [5.41, 5.74) is 6.48. The Morgan fingerprint density at radius 2 is 2.19 bits per heavy atom. The van der Waals surface area contributed by atoms with Gasteiger partial charge in [0.25, 0.3) is 0 Å². The number of methoxy groups -OCH3 is 1. The van der Waals surface area contributed by atoms with Crippen LogP contribution in [0.5, 0.6) is 5.75 Å². The maximum absolute atomic E-state index is 12.2. The van der Waals surface area contributed by atoms with Gasteiger partial charge in [0.05, 0.1) is 19.3 Å². The van der Waals surface area contributed by atoms with Crippen LogP contribution in [0.3, 0.4) is 0 Å². The lowest BCUT2D eigenvalue weighted by Gasteiger charge is -2.34. The number of amides is 1. The van der Waals surface area contributed by atoms with Gasteiger partial charge in [-0.3, -0.25) is 9.69 Å². The lowest BCUT2D eigenvalue weighted by molar-refractivity contribution is -0.118. The van der Waals surface area contributed by atoms with Crippen molar-refractivity contribution in [1.29, 1.82) is 0 Å². The maximum Gasteiger partial charge on any atom is 0.238 e. The number of piperidine rings is 1. The van der Waals surface area contributed by atoms with E-state index in [0.29, 0.717) is 30.6 Å². The predicted octanol–water partition coefficient (Wildman–Crippen LogP) is 1.87. The van der Waals surface area contributed by atoms with Gasteiger partial charge in [-0.1, -0.05) is 18.6 Å². The molecule has 1 aromatic carbocycles. The molecule has 0 aromatic heterocycles. The number of nitrogens with two attached hydrogens (primary N) is 1. The van der Waals surface area contributed by atoms with Crippen molar-refractivity contribution in [2.45, 2.75) is 25.3 Å². The molecule has 1 aliphatic rings. The lowest BCUT2D eigenvalue weighted by atomic mass is 10.0. The second-order valence-corrected chi connectivity index (χ2v) is 5.10. The topological polar surface area (TPSA) is 67.6 Å². The summed E-state index contributed by atoms with van der Waals surface area (Å²) in [4.78, 5) is 14.3. The predicted molar refractivity (Wildman–Crippen MR) is 87.1 cm³/mol. The van der Waals surface area contributed by atoms with Gasteiger partial charge in [-0.25, -0.2) is 0 Å². The van der Waals surface area contributed by atoms with E-state index in [4.69, 9.17) is 10.5 Å². The molecule has 118 valence electrons. The van der Waals surface area contributed by atoms with Gasteiger partial charge in [-0.15, -0.1) is 12.4 Å². The van der Waals surface area contributed by atoms with Crippen molar-refractivity contribution in [1.82, 2.24) is 4.90 Å². The zero-order valence-electron chi connectivity index (χ0n) is 12.4. The molecule has 3 N–H and O–H groups in total. The third-order valence-corrected chi connectivity index (χ3v) is 3.75. The Balaban J connectivity index is 0.00000220. The van der Waals surface area contributed by atoms with Gasteiger partial charge in [-0.2, -0.15) is 0 Å². The zero-order valence-corrected chi connectivity index (χ0v) is 13.2. The van der Waals surface area contributed by atoms with Crippen molar-refractivity contribution in [3.05, 3.63) is 24.3 Å². The van der Waals surface area contributed by atoms with Crippen molar-refractivity contribution in [2.24, 2.45) is 5.73 Å². The molecule has 1 aromatic rings. The molecule has 6 heteroatoms. The van der Waals surface area contributed by atoms with Crippen LogP contribution in [0.4, 0.5) is 5.69 Å². The number of nitrogens with one attached hydrogen (secondary N) is 1. The number of hydrogen-bond donors (Lipinski definition) is 2. The number of halogens is 1. The third kappa shape index (κ3) is 4.88. The number of ether oxygens (including phenoxy) is 1. The largest absolute Gasteiger partial charge is 0.495 e. The number of benzene rings is 1. The van der Waals surface area contributed by atoms with Crippen LogP contribution in [0, 0.1) is 0 Å². The Hall–Kier alpha value is -1.30. The minimum absolute atomic E-state index is 0. The van der Waals surface area contributed by atoms with E-state index in [0.717, 1.165) is 19.4 Å². The Morgan fingerprint density at radius 3 is 2.90 bits per heavy atom. The van der Waals surface area contributed by atoms with E-state index in [-0.39, 0.29) is 18.3 Å². The number of hydrogen-bond acceptors (Lipinski definition) is 4. The summed E-state index contributed by atoms with van der Waals surface area (Å²) in [7, 11) is 1.60. The Labute approximate surface area is 132 Å². The summed E-state index contributed by atoms with van der Waals surface area (Å²) in [6.45, 7) is 1.95. The molecule has 1 aliphatic heterocycles. The van der Waals surface area contributed by atoms with E-state index < -0.39 is 0 Å². The quantitative estimate of drug-likeness (QED) is 0.871. The zero-order chi connectivity index (χ0) is 14.4. The molecule has 0 spiro atoms.